The Morgan fingerprint density at radius 2 is 1.82 bits per heavy atom. The van der Waals surface area contributed by atoms with Crippen molar-refractivity contribution in [1.82, 2.24) is 15.0 Å². The van der Waals surface area contributed by atoms with Gasteiger partial charge in [0.05, 0.1) is 11.7 Å². The lowest BCUT2D eigenvalue weighted by Gasteiger charge is -2.24. The van der Waals surface area contributed by atoms with Crippen LogP contribution in [-0.2, 0) is 14.6 Å². The molecule has 0 amide bonds. The van der Waals surface area contributed by atoms with Crippen molar-refractivity contribution in [3.63, 3.8) is 0 Å². The van der Waals surface area contributed by atoms with E-state index in [-0.39, 0.29) is 17.4 Å². The SMILES string of the molecule is NC(c1cccc(NCC(=O)O)n1)C(c1ccc(-c2nccs2)cc1)S(=O)(=O)c1ccccn1. The molecule has 0 radical (unpaired) electrons. The average Bonchev–Trinajstić information content (AvgIpc) is 3.39. The van der Waals surface area contributed by atoms with E-state index in [0.717, 1.165) is 10.6 Å². The third-order valence-corrected chi connectivity index (χ3v) is 7.92. The summed E-state index contributed by atoms with van der Waals surface area (Å²) in [4.78, 5) is 23.6. The van der Waals surface area contributed by atoms with Crippen LogP contribution < -0.4 is 11.1 Å². The number of pyridine rings is 2. The molecule has 174 valence electrons. The number of nitrogens with two attached hydrogens (primary N) is 1. The number of carboxylic acid groups (broad SMARTS) is 1. The first-order chi connectivity index (χ1) is 16.4. The van der Waals surface area contributed by atoms with Gasteiger partial charge in [-0.3, -0.25) is 4.79 Å². The van der Waals surface area contributed by atoms with E-state index in [9.17, 15) is 13.2 Å². The van der Waals surface area contributed by atoms with E-state index in [2.05, 4.69) is 20.3 Å². The molecule has 0 bridgehead atoms. The number of carbonyl (C=O) groups is 1. The predicted molar refractivity (Wildman–Crippen MR) is 129 cm³/mol. The number of thiazole rings is 1. The van der Waals surface area contributed by atoms with Crippen molar-refractivity contribution >= 4 is 33.0 Å². The highest BCUT2D eigenvalue weighted by atomic mass is 32.2. The maximum atomic E-state index is 13.7. The highest BCUT2D eigenvalue weighted by Gasteiger charge is 2.37. The summed E-state index contributed by atoms with van der Waals surface area (Å²) in [6, 6.07) is 15.5. The third kappa shape index (κ3) is 5.11. The van der Waals surface area contributed by atoms with Gasteiger partial charge in [-0.1, -0.05) is 36.4 Å². The molecule has 4 aromatic rings. The van der Waals surface area contributed by atoms with Crippen molar-refractivity contribution in [3.8, 4) is 10.6 Å². The molecule has 0 saturated heterocycles. The maximum Gasteiger partial charge on any atom is 0.322 e. The molecular formula is C23H21N5O4S2. The summed E-state index contributed by atoms with van der Waals surface area (Å²) >= 11 is 1.48. The molecule has 0 aliphatic rings. The second kappa shape index (κ2) is 10.1. The van der Waals surface area contributed by atoms with Crippen LogP contribution in [0.5, 0.6) is 0 Å². The number of nitrogens with zero attached hydrogens (tertiary/aromatic N) is 3. The minimum absolute atomic E-state index is 0.0976. The van der Waals surface area contributed by atoms with E-state index in [0.29, 0.717) is 11.3 Å². The smallest absolute Gasteiger partial charge is 0.322 e. The number of benzene rings is 1. The summed E-state index contributed by atoms with van der Waals surface area (Å²) in [5.41, 5.74) is 8.16. The Morgan fingerprint density at radius 3 is 2.47 bits per heavy atom. The van der Waals surface area contributed by atoms with Crippen molar-refractivity contribution in [2.24, 2.45) is 5.73 Å². The summed E-state index contributed by atoms with van der Waals surface area (Å²) in [6.45, 7) is -0.334. The summed E-state index contributed by atoms with van der Waals surface area (Å²) in [7, 11) is -4.01. The molecule has 2 atom stereocenters. The molecule has 0 aliphatic heterocycles. The number of hydrogen-bond acceptors (Lipinski definition) is 9. The lowest BCUT2D eigenvalue weighted by Crippen LogP contribution is -2.28. The summed E-state index contributed by atoms with van der Waals surface area (Å²) < 4.78 is 27.4. The van der Waals surface area contributed by atoms with Crippen molar-refractivity contribution < 1.29 is 18.3 Å². The standard InChI is InChI=1S/C23H21N5O4S2/c24-21(17-4-3-5-18(28-17)27-14-20(29)30)22(34(31,32)19-6-1-2-11-25-19)15-7-9-16(10-8-15)23-26-12-13-33-23/h1-13,21-22H,14,24H2,(H,27,28)(H,29,30). The quantitative estimate of drug-likeness (QED) is 0.318. The number of hydrogen-bond donors (Lipinski definition) is 3. The first-order valence-corrected chi connectivity index (χ1v) is 12.6. The number of aromatic nitrogens is 3. The van der Waals surface area contributed by atoms with Crippen LogP contribution in [0.3, 0.4) is 0 Å². The Kier molecular flexibility index (Phi) is 6.96. The fourth-order valence-electron chi connectivity index (χ4n) is 3.46. The largest absolute Gasteiger partial charge is 0.480 e. The molecule has 4 rings (SSSR count). The molecule has 0 fully saturated rings. The zero-order valence-electron chi connectivity index (χ0n) is 17.8. The normalized spacial score (nSPS) is 13.2. The molecule has 0 spiro atoms. The molecule has 1 aromatic carbocycles. The number of nitrogens with one attached hydrogen (secondary N) is 1. The molecule has 0 saturated carbocycles. The summed E-state index contributed by atoms with van der Waals surface area (Å²) in [5, 5.41) is 13.0. The van der Waals surface area contributed by atoms with Gasteiger partial charge in [-0.2, -0.15) is 0 Å². The molecule has 0 aliphatic carbocycles. The Hall–Kier alpha value is -3.67. The highest BCUT2D eigenvalue weighted by Crippen LogP contribution is 2.38. The number of aliphatic carboxylic acids is 1. The Balaban J connectivity index is 1.75. The number of sulfone groups is 1. The zero-order valence-corrected chi connectivity index (χ0v) is 19.4. The fraction of sp³-hybridized carbons (Fsp3) is 0.130. The van der Waals surface area contributed by atoms with Crippen LogP contribution in [0.4, 0.5) is 5.82 Å². The molecule has 3 aromatic heterocycles. The maximum absolute atomic E-state index is 13.7. The lowest BCUT2D eigenvalue weighted by atomic mass is 10.0. The topological polar surface area (TPSA) is 148 Å². The van der Waals surface area contributed by atoms with Crippen LogP contribution in [0.15, 0.2) is 83.5 Å². The van der Waals surface area contributed by atoms with Crippen LogP contribution in [0, 0.1) is 0 Å². The van der Waals surface area contributed by atoms with Crippen molar-refractivity contribution in [1.29, 1.82) is 0 Å². The van der Waals surface area contributed by atoms with Gasteiger partial charge < -0.3 is 16.2 Å². The van der Waals surface area contributed by atoms with Crippen molar-refractivity contribution in [3.05, 3.63) is 89.7 Å². The van der Waals surface area contributed by atoms with E-state index < -0.39 is 27.1 Å². The number of carboxylic acids is 1. The van der Waals surface area contributed by atoms with Crippen LogP contribution in [0.1, 0.15) is 22.5 Å². The summed E-state index contributed by atoms with van der Waals surface area (Å²) in [5.74, 6) is -0.768. The van der Waals surface area contributed by atoms with E-state index >= 15 is 0 Å². The van der Waals surface area contributed by atoms with E-state index in [1.165, 1.54) is 23.6 Å². The summed E-state index contributed by atoms with van der Waals surface area (Å²) in [6.07, 6.45) is 3.12. The third-order valence-electron chi connectivity index (χ3n) is 5.04. The molecule has 34 heavy (non-hydrogen) atoms. The Bertz CT molecular complexity index is 1360. The van der Waals surface area contributed by atoms with Crippen LogP contribution >= 0.6 is 11.3 Å². The number of rotatable bonds is 9. The Labute approximate surface area is 200 Å². The first-order valence-electron chi connectivity index (χ1n) is 10.2. The van der Waals surface area contributed by atoms with Gasteiger partial charge in [-0.25, -0.2) is 23.4 Å². The van der Waals surface area contributed by atoms with E-state index in [1.54, 1.807) is 60.8 Å². The van der Waals surface area contributed by atoms with Gasteiger partial charge in [0.25, 0.3) is 0 Å². The molecule has 2 unspecified atom stereocenters. The van der Waals surface area contributed by atoms with Crippen LogP contribution in [-0.4, -0.2) is 41.0 Å². The van der Waals surface area contributed by atoms with Gasteiger partial charge in [0.1, 0.15) is 22.6 Å². The van der Waals surface area contributed by atoms with Crippen molar-refractivity contribution in [2.75, 3.05) is 11.9 Å². The van der Waals surface area contributed by atoms with E-state index in [1.807, 2.05) is 5.38 Å². The molecule has 3 heterocycles. The van der Waals surface area contributed by atoms with Gasteiger partial charge in [-0.15, -0.1) is 11.3 Å². The average molecular weight is 496 g/mol. The first kappa shape index (κ1) is 23.5. The number of anilines is 1. The second-order valence-corrected chi connectivity index (χ2v) is 10.2. The van der Waals surface area contributed by atoms with Crippen molar-refractivity contribution in [2.45, 2.75) is 16.3 Å². The van der Waals surface area contributed by atoms with Gasteiger partial charge in [0.15, 0.2) is 5.03 Å². The van der Waals surface area contributed by atoms with Gasteiger partial charge >= 0.3 is 5.97 Å². The monoisotopic (exact) mass is 495 g/mol. The minimum atomic E-state index is -4.01. The van der Waals surface area contributed by atoms with Gasteiger partial charge in [0.2, 0.25) is 9.84 Å². The molecule has 9 nitrogen and oxygen atoms in total. The fourth-order valence-corrected chi connectivity index (χ4v) is 5.88. The highest BCUT2D eigenvalue weighted by molar-refractivity contribution is 7.91. The van der Waals surface area contributed by atoms with Crippen LogP contribution in [0.2, 0.25) is 0 Å². The molecule has 4 N–H and O–H groups in total. The minimum Gasteiger partial charge on any atom is -0.480 e. The molecule has 11 heteroatoms. The van der Waals surface area contributed by atoms with Gasteiger partial charge in [0, 0.05) is 23.3 Å². The predicted octanol–water partition coefficient (Wildman–Crippen LogP) is 3.31. The Morgan fingerprint density at radius 1 is 1.03 bits per heavy atom. The van der Waals surface area contributed by atoms with E-state index in [4.69, 9.17) is 10.8 Å². The lowest BCUT2D eigenvalue weighted by molar-refractivity contribution is -0.134. The van der Waals surface area contributed by atoms with Crippen LogP contribution in [0.25, 0.3) is 10.6 Å². The zero-order chi connectivity index (χ0) is 24.1. The second-order valence-electron chi connectivity index (χ2n) is 7.31. The molecular weight excluding hydrogens is 474 g/mol. The van der Waals surface area contributed by atoms with Gasteiger partial charge in [-0.05, 0) is 29.8 Å².